The maximum atomic E-state index is 12.1. The van der Waals surface area contributed by atoms with Gasteiger partial charge in [0.15, 0.2) is 0 Å². The van der Waals surface area contributed by atoms with Crippen LogP contribution in [0.15, 0.2) is 42.5 Å². The molecule has 0 spiro atoms. The molecular formula is C16H13NO4. The lowest BCUT2D eigenvalue weighted by atomic mass is 10.1. The fourth-order valence-electron chi connectivity index (χ4n) is 2.47. The zero-order chi connectivity index (χ0) is 15.0. The molecule has 0 fully saturated rings. The predicted molar refractivity (Wildman–Crippen MR) is 76.4 cm³/mol. The highest BCUT2D eigenvalue weighted by Gasteiger charge is 2.27. The van der Waals surface area contributed by atoms with Crippen LogP contribution in [0.25, 0.3) is 0 Å². The second kappa shape index (κ2) is 4.94. The lowest BCUT2D eigenvalue weighted by Gasteiger charge is -2.17. The summed E-state index contributed by atoms with van der Waals surface area (Å²) in [4.78, 5) is 24.7. The second-order valence-electron chi connectivity index (χ2n) is 4.97. The Hall–Kier alpha value is -2.82. The Kier molecular flexibility index (Phi) is 3.10. The summed E-state index contributed by atoms with van der Waals surface area (Å²) in [5, 5.41) is 18.3. The van der Waals surface area contributed by atoms with Gasteiger partial charge in [-0.25, -0.2) is 4.79 Å². The number of phenolic OH excluding ortho intramolecular Hbond substituents is 1. The van der Waals surface area contributed by atoms with Gasteiger partial charge in [0.25, 0.3) is 0 Å². The van der Waals surface area contributed by atoms with E-state index in [1.54, 1.807) is 41.3 Å². The molecule has 2 aromatic carbocycles. The van der Waals surface area contributed by atoms with E-state index in [2.05, 4.69) is 0 Å². The van der Waals surface area contributed by atoms with Crippen molar-refractivity contribution in [1.29, 1.82) is 0 Å². The molecule has 0 saturated heterocycles. The Balaban J connectivity index is 1.90. The maximum Gasteiger partial charge on any atom is 0.335 e. The van der Waals surface area contributed by atoms with Crippen LogP contribution in [-0.4, -0.2) is 22.1 Å². The van der Waals surface area contributed by atoms with Crippen molar-refractivity contribution < 1.29 is 19.8 Å². The van der Waals surface area contributed by atoms with Crippen LogP contribution in [0.2, 0.25) is 0 Å². The average molecular weight is 283 g/mol. The summed E-state index contributed by atoms with van der Waals surface area (Å²) in [5.41, 5.74) is 2.57. The van der Waals surface area contributed by atoms with Gasteiger partial charge in [-0.2, -0.15) is 0 Å². The first-order valence-electron chi connectivity index (χ1n) is 6.49. The van der Waals surface area contributed by atoms with Crippen LogP contribution in [0.1, 0.15) is 21.5 Å². The Morgan fingerprint density at radius 2 is 1.86 bits per heavy atom. The van der Waals surface area contributed by atoms with Gasteiger partial charge in [0, 0.05) is 5.69 Å². The second-order valence-corrected chi connectivity index (χ2v) is 4.97. The molecule has 2 N–H and O–H groups in total. The number of aromatic hydroxyl groups is 1. The smallest absolute Gasteiger partial charge is 0.335 e. The van der Waals surface area contributed by atoms with E-state index in [9.17, 15) is 14.7 Å². The SMILES string of the molecule is O=C(O)c1ccc2c(c1)CC(=O)N2Cc1ccc(O)cc1. The molecule has 1 amide bonds. The van der Waals surface area contributed by atoms with E-state index in [1.807, 2.05) is 0 Å². The number of carboxylic acid groups (broad SMARTS) is 1. The van der Waals surface area contributed by atoms with E-state index in [0.29, 0.717) is 6.54 Å². The van der Waals surface area contributed by atoms with Crippen LogP contribution in [0.4, 0.5) is 5.69 Å². The number of fused-ring (bicyclic) bond motifs is 1. The molecule has 0 aromatic heterocycles. The van der Waals surface area contributed by atoms with Crippen molar-refractivity contribution in [3.8, 4) is 5.75 Å². The first-order valence-corrected chi connectivity index (χ1v) is 6.49. The number of carbonyl (C=O) groups excluding carboxylic acids is 1. The zero-order valence-corrected chi connectivity index (χ0v) is 11.1. The first-order chi connectivity index (χ1) is 10.0. The highest BCUT2D eigenvalue weighted by molar-refractivity contribution is 6.02. The molecule has 106 valence electrons. The average Bonchev–Trinajstić information content (AvgIpc) is 2.76. The van der Waals surface area contributed by atoms with Crippen molar-refractivity contribution in [2.45, 2.75) is 13.0 Å². The number of carboxylic acids is 1. The molecule has 0 saturated carbocycles. The molecule has 1 heterocycles. The number of nitrogens with zero attached hydrogens (tertiary/aromatic N) is 1. The molecule has 1 aliphatic rings. The third-order valence-corrected chi connectivity index (χ3v) is 3.54. The van der Waals surface area contributed by atoms with Crippen molar-refractivity contribution in [3.05, 3.63) is 59.2 Å². The lowest BCUT2D eigenvalue weighted by molar-refractivity contribution is -0.117. The normalized spacial score (nSPS) is 13.3. The van der Waals surface area contributed by atoms with Crippen LogP contribution in [-0.2, 0) is 17.8 Å². The molecule has 0 atom stereocenters. The maximum absolute atomic E-state index is 12.1. The number of hydrogen-bond donors (Lipinski definition) is 2. The van der Waals surface area contributed by atoms with Crippen LogP contribution in [0, 0.1) is 0 Å². The van der Waals surface area contributed by atoms with Gasteiger partial charge in [0.2, 0.25) is 5.91 Å². The number of rotatable bonds is 3. The molecule has 0 unspecified atom stereocenters. The van der Waals surface area contributed by atoms with Gasteiger partial charge in [-0.3, -0.25) is 4.79 Å². The molecule has 0 radical (unpaired) electrons. The van der Waals surface area contributed by atoms with E-state index in [-0.39, 0.29) is 23.6 Å². The lowest BCUT2D eigenvalue weighted by Crippen LogP contribution is -2.25. The van der Waals surface area contributed by atoms with Crippen molar-refractivity contribution in [1.82, 2.24) is 0 Å². The van der Waals surface area contributed by atoms with Crippen LogP contribution in [0.5, 0.6) is 5.75 Å². The molecule has 1 aliphatic heterocycles. The van der Waals surface area contributed by atoms with Crippen LogP contribution in [0.3, 0.4) is 0 Å². The number of aromatic carboxylic acids is 1. The summed E-state index contributed by atoms with van der Waals surface area (Å²) in [6.45, 7) is 0.401. The van der Waals surface area contributed by atoms with Gasteiger partial charge in [0.05, 0.1) is 18.5 Å². The highest BCUT2D eigenvalue weighted by Crippen LogP contribution is 2.31. The molecule has 5 nitrogen and oxygen atoms in total. The summed E-state index contributed by atoms with van der Waals surface area (Å²) in [6.07, 6.45) is 0.217. The van der Waals surface area contributed by atoms with Gasteiger partial charge in [-0.1, -0.05) is 12.1 Å². The molecular weight excluding hydrogens is 270 g/mol. The fourth-order valence-corrected chi connectivity index (χ4v) is 2.47. The summed E-state index contributed by atoms with van der Waals surface area (Å²) in [5.74, 6) is -0.874. The summed E-state index contributed by atoms with van der Waals surface area (Å²) in [7, 11) is 0. The standard InChI is InChI=1S/C16H13NO4/c18-13-4-1-10(2-5-13)9-17-14-6-3-11(16(20)21)7-12(14)8-15(17)19/h1-7,18H,8-9H2,(H,20,21). The number of phenols is 1. The number of benzene rings is 2. The third-order valence-electron chi connectivity index (χ3n) is 3.54. The van der Waals surface area contributed by atoms with Crippen molar-refractivity contribution >= 4 is 17.6 Å². The fraction of sp³-hybridized carbons (Fsp3) is 0.125. The zero-order valence-electron chi connectivity index (χ0n) is 11.1. The Morgan fingerprint density at radius 3 is 2.52 bits per heavy atom. The van der Waals surface area contributed by atoms with E-state index >= 15 is 0 Å². The Labute approximate surface area is 121 Å². The minimum Gasteiger partial charge on any atom is -0.508 e. The predicted octanol–water partition coefficient (Wildman–Crippen LogP) is 2.18. The number of carbonyl (C=O) groups is 2. The van der Waals surface area contributed by atoms with E-state index < -0.39 is 5.97 Å². The molecule has 3 rings (SSSR count). The van der Waals surface area contributed by atoms with Crippen LogP contribution < -0.4 is 4.90 Å². The largest absolute Gasteiger partial charge is 0.508 e. The topological polar surface area (TPSA) is 77.8 Å². The quantitative estimate of drug-likeness (QED) is 0.905. The van der Waals surface area contributed by atoms with E-state index in [1.165, 1.54) is 6.07 Å². The number of anilines is 1. The molecule has 0 bridgehead atoms. The minimum atomic E-state index is -0.998. The monoisotopic (exact) mass is 283 g/mol. The highest BCUT2D eigenvalue weighted by atomic mass is 16.4. The molecule has 21 heavy (non-hydrogen) atoms. The van der Waals surface area contributed by atoms with Crippen molar-refractivity contribution in [2.24, 2.45) is 0 Å². The van der Waals surface area contributed by atoms with E-state index in [0.717, 1.165) is 16.8 Å². The third kappa shape index (κ3) is 2.45. The number of hydrogen-bond acceptors (Lipinski definition) is 3. The summed E-state index contributed by atoms with van der Waals surface area (Å²) >= 11 is 0. The molecule has 5 heteroatoms. The van der Waals surface area contributed by atoms with Gasteiger partial charge in [-0.05, 0) is 41.5 Å². The molecule has 0 aliphatic carbocycles. The van der Waals surface area contributed by atoms with E-state index in [4.69, 9.17) is 5.11 Å². The summed E-state index contributed by atoms with van der Waals surface area (Å²) in [6, 6.07) is 11.4. The van der Waals surface area contributed by atoms with Gasteiger partial charge in [-0.15, -0.1) is 0 Å². The number of amides is 1. The van der Waals surface area contributed by atoms with Gasteiger partial charge in [0.1, 0.15) is 5.75 Å². The molecule has 2 aromatic rings. The minimum absolute atomic E-state index is 0.0550. The van der Waals surface area contributed by atoms with Gasteiger partial charge >= 0.3 is 5.97 Å². The Bertz CT molecular complexity index is 722. The summed E-state index contributed by atoms with van der Waals surface area (Å²) < 4.78 is 0. The van der Waals surface area contributed by atoms with Gasteiger partial charge < -0.3 is 15.1 Å². The van der Waals surface area contributed by atoms with Crippen molar-refractivity contribution in [3.63, 3.8) is 0 Å². The van der Waals surface area contributed by atoms with Crippen molar-refractivity contribution in [2.75, 3.05) is 4.90 Å². The Morgan fingerprint density at radius 1 is 1.14 bits per heavy atom. The van der Waals surface area contributed by atoms with Crippen LogP contribution >= 0.6 is 0 Å². The first kappa shape index (κ1) is 13.2.